The molecular weight excluding hydrogens is 276 g/mol. The maximum absolute atomic E-state index is 11.9. The molecule has 0 heterocycles. The van der Waals surface area contributed by atoms with Crippen LogP contribution in [0.1, 0.15) is 18.9 Å². The summed E-state index contributed by atoms with van der Waals surface area (Å²) in [6, 6.07) is 6.13. The molecule has 0 fully saturated rings. The maximum atomic E-state index is 11.9. The highest BCUT2D eigenvalue weighted by atomic mass is 32.2. The standard InChI is InChI=1S/C12H17F2NO3S/c1-2-9-19(16,17)15-8-7-10-3-5-11(6-4-10)18-12(13)14/h3-6,12,15H,2,7-9H2,1H3. The minimum Gasteiger partial charge on any atom is -0.435 e. The summed E-state index contributed by atoms with van der Waals surface area (Å²) in [5, 5.41) is 0. The van der Waals surface area contributed by atoms with E-state index in [1.165, 1.54) is 12.1 Å². The summed E-state index contributed by atoms with van der Waals surface area (Å²) in [6.45, 7) is -0.759. The smallest absolute Gasteiger partial charge is 0.387 e. The van der Waals surface area contributed by atoms with Gasteiger partial charge >= 0.3 is 6.61 Å². The molecule has 4 nitrogen and oxygen atoms in total. The van der Waals surface area contributed by atoms with Gasteiger partial charge in [0.25, 0.3) is 0 Å². The van der Waals surface area contributed by atoms with Gasteiger partial charge in [0.05, 0.1) is 5.75 Å². The predicted octanol–water partition coefficient (Wildman–Crippen LogP) is 2.16. The second kappa shape index (κ2) is 7.40. The average molecular weight is 293 g/mol. The molecule has 108 valence electrons. The van der Waals surface area contributed by atoms with Crippen LogP contribution >= 0.6 is 0 Å². The largest absolute Gasteiger partial charge is 0.435 e. The number of nitrogens with one attached hydrogen (secondary N) is 1. The molecule has 0 saturated heterocycles. The Hall–Kier alpha value is -1.21. The highest BCUT2D eigenvalue weighted by Gasteiger charge is 2.07. The van der Waals surface area contributed by atoms with Crippen molar-refractivity contribution in [2.75, 3.05) is 12.3 Å². The molecule has 0 saturated carbocycles. The zero-order valence-electron chi connectivity index (χ0n) is 10.6. The summed E-state index contributed by atoms with van der Waals surface area (Å²) < 4.78 is 53.3. The molecule has 0 unspecified atom stereocenters. The molecule has 0 spiro atoms. The molecule has 0 aliphatic carbocycles. The van der Waals surface area contributed by atoms with Crippen LogP contribution in [0.3, 0.4) is 0 Å². The molecule has 1 rings (SSSR count). The first-order valence-electron chi connectivity index (χ1n) is 5.94. The van der Waals surface area contributed by atoms with E-state index in [4.69, 9.17) is 0 Å². The van der Waals surface area contributed by atoms with Crippen molar-refractivity contribution in [3.8, 4) is 5.75 Å². The number of hydrogen-bond donors (Lipinski definition) is 1. The third-order valence-electron chi connectivity index (χ3n) is 2.36. The van der Waals surface area contributed by atoms with Gasteiger partial charge in [0, 0.05) is 6.54 Å². The molecule has 1 aromatic carbocycles. The second-order valence-corrected chi connectivity index (χ2v) is 5.91. The minimum atomic E-state index is -3.20. The van der Waals surface area contributed by atoms with Gasteiger partial charge in [-0.15, -0.1) is 0 Å². The zero-order chi connectivity index (χ0) is 14.3. The molecule has 0 aliphatic heterocycles. The van der Waals surface area contributed by atoms with Crippen LogP contribution in [-0.4, -0.2) is 27.3 Å². The number of hydrogen-bond acceptors (Lipinski definition) is 3. The Balaban J connectivity index is 2.42. The molecule has 0 amide bonds. The third-order valence-corrected chi connectivity index (χ3v) is 3.95. The van der Waals surface area contributed by atoms with Crippen molar-refractivity contribution in [3.63, 3.8) is 0 Å². The first-order valence-corrected chi connectivity index (χ1v) is 7.59. The fourth-order valence-corrected chi connectivity index (χ4v) is 2.62. The molecule has 0 bridgehead atoms. The molecule has 0 aromatic heterocycles. The Labute approximate surface area is 111 Å². The molecule has 19 heavy (non-hydrogen) atoms. The lowest BCUT2D eigenvalue weighted by atomic mass is 10.1. The van der Waals surface area contributed by atoms with E-state index in [1.54, 1.807) is 19.1 Å². The van der Waals surface area contributed by atoms with Crippen LogP contribution in [0.15, 0.2) is 24.3 Å². The Morgan fingerprint density at radius 1 is 1.26 bits per heavy atom. The summed E-state index contributed by atoms with van der Waals surface area (Å²) in [5.74, 6) is 0.194. The first kappa shape index (κ1) is 15.8. The van der Waals surface area contributed by atoms with Gasteiger partial charge in [-0.2, -0.15) is 8.78 Å². The maximum Gasteiger partial charge on any atom is 0.387 e. The van der Waals surface area contributed by atoms with E-state index >= 15 is 0 Å². The lowest BCUT2D eigenvalue weighted by Gasteiger charge is -2.07. The predicted molar refractivity (Wildman–Crippen MR) is 68.9 cm³/mol. The molecule has 0 radical (unpaired) electrons. The number of ether oxygens (including phenoxy) is 1. The number of alkyl halides is 2. The minimum absolute atomic E-state index is 0.0883. The number of sulfonamides is 1. The van der Waals surface area contributed by atoms with Crippen molar-refractivity contribution >= 4 is 10.0 Å². The summed E-state index contributed by atoms with van der Waals surface area (Å²) in [5.41, 5.74) is 0.848. The van der Waals surface area contributed by atoms with Crippen molar-refractivity contribution in [1.82, 2.24) is 4.72 Å². The first-order chi connectivity index (χ1) is 8.93. The van der Waals surface area contributed by atoms with Gasteiger partial charge in [0.15, 0.2) is 0 Å². The van der Waals surface area contributed by atoms with Crippen LogP contribution in [0.4, 0.5) is 8.78 Å². The third kappa shape index (κ3) is 6.49. The Bertz CT molecular complexity index is 474. The lowest BCUT2D eigenvalue weighted by molar-refractivity contribution is -0.0498. The highest BCUT2D eigenvalue weighted by Crippen LogP contribution is 2.14. The topological polar surface area (TPSA) is 55.4 Å². The fraction of sp³-hybridized carbons (Fsp3) is 0.500. The normalized spacial score (nSPS) is 11.8. The van der Waals surface area contributed by atoms with Crippen LogP contribution in [0.2, 0.25) is 0 Å². The van der Waals surface area contributed by atoms with E-state index in [1.807, 2.05) is 0 Å². The number of halogens is 2. The zero-order valence-corrected chi connectivity index (χ0v) is 11.4. The van der Waals surface area contributed by atoms with Crippen molar-refractivity contribution in [3.05, 3.63) is 29.8 Å². The van der Waals surface area contributed by atoms with Crippen molar-refractivity contribution in [2.45, 2.75) is 26.4 Å². The van der Waals surface area contributed by atoms with Gasteiger partial charge < -0.3 is 4.74 Å². The highest BCUT2D eigenvalue weighted by molar-refractivity contribution is 7.89. The van der Waals surface area contributed by atoms with Crippen LogP contribution in [-0.2, 0) is 16.4 Å². The Morgan fingerprint density at radius 2 is 1.89 bits per heavy atom. The second-order valence-electron chi connectivity index (χ2n) is 3.99. The van der Waals surface area contributed by atoms with E-state index in [0.29, 0.717) is 12.8 Å². The summed E-state index contributed by atoms with van der Waals surface area (Å²) >= 11 is 0. The van der Waals surface area contributed by atoms with Crippen molar-refractivity contribution in [2.24, 2.45) is 0 Å². The lowest BCUT2D eigenvalue weighted by Crippen LogP contribution is -2.28. The van der Waals surface area contributed by atoms with E-state index in [-0.39, 0.29) is 18.0 Å². The Kier molecular flexibility index (Phi) is 6.17. The van der Waals surface area contributed by atoms with Crippen LogP contribution in [0, 0.1) is 0 Å². The van der Waals surface area contributed by atoms with E-state index in [9.17, 15) is 17.2 Å². The van der Waals surface area contributed by atoms with Gasteiger partial charge in [-0.1, -0.05) is 19.1 Å². The fourth-order valence-electron chi connectivity index (χ4n) is 1.53. The van der Waals surface area contributed by atoms with Gasteiger partial charge in [-0.3, -0.25) is 0 Å². The SMILES string of the molecule is CCCS(=O)(=O)NCCc1ccc(OC(F)F)cc1. The van der Waals surface area contributed by atoms with Crippen molar-refractivity contribution < 1.29 is 21.9 Å². The molecule has 7 heteroatoms. The molecule has 1 aromatic rings. The summed E-state index contributed by atoms with van der Waals surface area (Å²) in [7, 11) is -3.20. The monoisotopic (exact) mass is 293 g/mol. The van der Waals surface area contributed by atoms with Crippen molar-refractivity contribution in [1.29, 1.82) is 0 Å². The molecular formula is C12H17F2NO3S. The summed E-state index contributed by atoms with van der Waals surface area (Å²) in [4.78, 5) is 0. The quantitative estimate of drug-likeness (QED) is 0.799. The average Bonchev–Trinajstić information content (AvgIpc) is 2.30. The molecule has 1 N–H and O–H groups in total. The Morgan fingerprint density at radius 3 is 2.42 bits per heavy atom. The van der Waals surface area contributed by atoms with E-state index < -0.39 is 16.6 Å². The van der Waals surface area contributed by atoms with E-state index in [0.717, 1.165) is 5.56 Å². The van der Waals surface area contributed by atoms with Gasteiger partial charge in [-0.05, 0) is 30.5 Å². The van der Waals surface area contributed by atoms with Gasteiger partial charge in [-0.25, -0.2) is 13.1 Å². The van der Waals surface area contributed by atoms with Crippen LogP contribution in [0.25, 0.3) is 0 Å². The van der Waals surface area contributed by atoms with Crippen LogP contribution in [0.5, 0.6) is 5.75 Å². The van der Waals surface area contributed by atoms with Gasteiger partial charge in [0.1, 0.15) is 5.75 Å². The molecule has 0 atom stereocenters. The summed E-state index contributed by atoms with van der Waals surface area (Å²) in [6.07, 6.45) is 1.06. The molecule has 0 aliphatic rings. The number of benzene rings is 1. The van der Waals surface area contributed by atoms with Crippen LogP contribution < -0.4 is 9.46 Å². The van der Waals surface area contributed by atoms with E-state index in [2.05, 4.69) is 9.46 Å². The number of rotatable bonds is 8. The van der Waals surface area contributed by atoms with Gasteiger partial charge in [0.2, 0.25) is 10.0 Å².